The molecule has 0 saturated heterocycles. The topological polar surface area (TPSA) is 57.1 Å². The zero-order valence-electron chi connectivity index (χ0n) is 14.5. The molecule has 0 radical (unpaired) electrons. The van der Waals surface area contributed by atoms with Gasteiger partial charge >= 0.3 is 5.97 Å². The number of aliphatic imine (C=N–C) groups is 1. The number of esters is 1. The van der Waals surface area contributed by atoms with Crippen LogP contribution in [0.5, 0.6) is 11.5 Å². The normalized spacial score (nSPS) is 15.0. The van der Waals surface area contributed by atoms with Gasteiger partial charge in [0, 0.05) is 6.42 Å². The average Bonchev–Trinajstić information content (AvgIpc) is 3.00. The molecular formula is C20H18FNO4. The molecule has 6 heteroatoms. The second kappa shape index (κ2) is 7.82. The van der Waals surface area contributed by atoms with Gasteiger partial charge in [0.25, 0.3) is 0 Å². The summed E-state index contributed by atoms with van der Waals surface area (Å²) < 4.78 is 28.6. The first-order valence-electron chi connectivity index (χ1n) is 8.07. The highest BCUT2D eigenvalue weighted by Gasteiger charge is 2.22. The summed E-state index contributed by atoms with van der Waals surface area (Å²) in [7, 11) is 3.10. The molecule has 1 heterocycles. The van der Waals surface area contributed by atoms with E-state index in [0.29, 0.717) is 30.2 Å². The fraction of sp³-hybridized carbons (Fsp3) is 0.200. The maximum atomic E-state index is 12.9. The van der Waals surface area contributed by atoms with Crippen LogP contribution in [0.25, 0.3) is 6.08 Å². The Morgan fingerprint density at radius 2 is 1.77 bits per heavy atom. The van der Waals surface area contributed by atoms with Crippen LogP contribution >= 0.6 is 0 Å². The molecule has 3 rings (SSSR count). The molecule has 0 aliphatic carbocycles. The summed E-state index contributed by atoms with van der Waals surface area (Å²) in [5.74, 6) is 0.749. The van der Waals surface area contributed by atoms with Gasteiger partial charge < -0.3 is 14.2 Å². The number of aryl methyl sites for hydroxylation is 1. The molecule has 0 amide bonds. The molecule has 2 aromatic carbocycles. The summed E-state index contributed by atoms with van der Waals surface area (Å²) in [4.78, 5) is 16.3. The Morgan fingerprint density at radius 1 is 1.04 bits per heavy atom. The van der Waals surface area contributed by atoms with Crippen LogP contribution in [0, 0.1) is 5.82 Å². The van der Waals surface area contributed by atoms with E-state index in [9.17, 15) is 9.18 Å². The van der Waals surface area contributed by atoms with E-state index in [2.05, 4.69) is 4.99 Å². The smallest absolute Gasteiger partial charge is 0.363 e. The number of rotatable bonds is 6. The van der Waals surface area contributed by atoms with Gasteiger partial charge in [0.2, 0.25) is 0 Å². The minimum absolute atomic E-state index is 0.228. The van der Waals surface area contributed by atoms with Crippen LogP contribution in [0.1, 0.15) is 17.5 Å². The van der Waals surface area contributed by atoms with E-state index in [-0.39, 0.29) is 11.5 Å². The number of hydrogen-bond acceptors (Lipinski definition) is 5. The molecule has 134 valence electrons. The Hall–Kier alpha value is -3.15. The second-order valence-corrected chi connectivity index (χ2v) is 5.67. The minimum Gasteiger partial charge on any atom is -0.493 e. The summed E-state index contributed by atoms with van der Waals surface area (Å²) in [6, 6.07) is 11.5. The number of nitrogens with zero attached hydrogens (tertiary/aromatic N) is 1. The second-order valence-electron chi connectivity index (χ2n) is 5.67. The number of methoxy groups -OCH3 is 2. The Balaban J connectivity index is 1.72. The number of cyclic esters (lactones) is 1. The molecule has 0 unspecified atom stereocenters. The van der Waals surface area contributed by atoms with E-state index in [4.69, 9.17) is 14.2 Å². The van der Waals surface area contributed by atoms with Crippen LogP contribution in [0.3, 0.4) is 0 Å². The molecular weight excluding hydrogens is 337 g/mol. The van der Waals surface area contributed by atoms with Crippen molar-refractivity contribution < 1.29 is 23.4 Å². The Bertz CT molecular complexity index is 872. The third-order valence-electron chi connectivity index (χ3n) is 3.92. The van der Waals surface area contributed by atoms with Crippen molar-refractivity contribution in [1.82, 2.24) is 0 Å². The maximum absolute atomic E-state index is 12.9. The van der Waals surface area contributed by atoms with E-state index in [1.807, 2.05) is 0 Å². The molecule has 0 aromatic heterocycles. The van der Waals surface area contributed by atoms with Crippen molar-refractivity contribution in [3.63, 3.8) is 0 Å². The largest absolute Gasteiger partial charge is 0.493 e. The molecule has 0 saturated carbocycles. The van der Waals surface area contributed by atoms with Gasteiger partial charge in [-0.2, -0.15) is 0 Å². The van der Waals surface area contributed by atoms with E-state index < -0.39 is 5.97 Å². The molecule has 1 aliphatic heterocycles. The van der Waals surface area contributed by atoms with Crippen molar-refractivity contribution in [2.24, 2.45) is 4.99 Å². The highest BCUT2D eigenvalue weighted by atomic mass is 19.1. The fourth-order valence-corrected chi connectivity index (χ4v) is 2.56. The quantitative estimate of drug-likeness (QED) is 0.585. The molecule has 0 N–H and O–H groups in total. The maximum Gasteiger partial charge on any atom is 0.363 e. The van der Waals surface area contributed by atoms with Gasteiger partial charge in [0.15, 0.2) is 23.1 Å². The van der Waals surface area contributed by atoms with Gasteiger partial charge in [-0.3, -0.25) is 0 Å². The van der Waals surface area contributed by atoms with Gasteiger partial charge in [-0.05, 0) is 47.9 Å². The van der Waals surface area contributed by atoms with Crippen molar-refractivity contribution >= 4 is 17.9 Å². The van der Waals surface area contributed by atoms with Crippen molar-refractivity contribution in [1.29, 1.82) is 0 Å². The summed E-state index contributed by atoms with van der Waals surface area (Å²) >= 11 is 0. The minimum atomic E-state index is -0.492. The van der Waals surface area contributed by atoms with E-state index in [1.54, 1.807) is 50.6 Å². The fourth-order valence-electron chi connectivity index (χ4n) is 2.56. The van der Waals surface area contributed by atoms with E-state index >= 15 is 0 Å². The van der Waals surface area contributed by atoms with Gasteiger partial charge in [-0.15, -0.1) is 0 Å². The first-order chi connectivity index (χ1) is 12.6. The van der Waals surface area contributed by atoms with Gasteiger partial charge in [-0.1, -0.05) is 18.2 Å². The van der Waals surface area contributed by atoms with E-state index in [1.165, 1.54) is 12.1 Å². The summed E-state index contributed by atoms with van der Waals surface area (Å²) in [5.41, 5.74) is 1.92. The lowest BCUT2D eigenvalue weighted by atomic mass is 10.1. The zero-order valence-corrected chi connectivity index (χ0v) is 14.5. The standard InChI is InChI=1S/C20H18FNO4/c1-24-17-9-5-14(12-18(17)25-2)11-16-20(23)26-19(22-16)10-6-13-3-7-15(21)8-4-13/h3-5,7-9,11-12H,6,10H2,1-2H3/b16-11+. The van der Waals surface area contributed by atoms with Crippen LogP contribution in [0.2, 0.25) is 0 Å². The first-order valence-corrected chi connectivity index (χ1v) is 8.07. The first kappa shape index (κ1) is 17.7. The van der Waals surface area contributed by atoms with Crippen molar-refractivity contribution in [2.45, 2.75) is 12.8 Å². The molecule has 0 atom stereocenters. The molecule has 1 aliphatic rings. The van der Waals surface area contributed by atoms with Crippen LogP contribution in [-0.4, -0.2) is 26.1 Å². The Kier molecular flexibility index (Phi) is 5.31. The van der Waals surface area contributed by atoms with E-state index in [0.717, 1.165) is 11.1 Å². The number of carbonyl (C=O) groups excluding carboxylic acids is 1. The third-order valence-corrected chi connectivity index (χ3v) is 3.92. The van der Waals surface area contributed by atoms with Crippen LogP contribution in [0.4, 0.5) is 4.39 Å². The molecule has 5 nitrogen and oxygen atoms in total. The number of ether oxygens (including phenoxy) is 3. The highest BCUT2D eigenvalue weighted by molar-refractivity contribution is 6.07. The van der Waals surface area contributed by atoms with Gasteiger partial charge in [0.1, 0.15) is 5.82 Å². The van der Waals surface area contributed by atoms with Gasteiger partial charge in [-0.25, -0.2) is 14.2 Å². The average molecular weight is 355 g/mol. The predicted molar refractivity (Wildman–Crippen MR) is 95.8 cm³/mol. The predicted octanol–water partition coefficient (Wildman–Crippen LogP) is 3.77. The molecule has 0 bridgehead atoms. The molecule has 2 aromatic rings. The number of hydrogen-bond donors (Lipinski definition) is 0. The zero-order chi connectivity index (χ0) is 18.5. The van der Waals surface area contributed by atoms with Crippen LogP contribution in [-0.2, 0) is 16.0 Å². The SMILES string of the molecule is COc1ccc(/C=C2/N=C(CCc3ccc(F)cc3)OC2=O)cc1OC. The Labute approximate surface area is 150 Å². The lowest BCUT2D eigenvalue weighted by Crippen LogP contribution is -2.05. The van der Waals surface area contributed by atoms with Crippen molar-refractivity contribution in [3.8, 4) is 11.5 Å². The van der Waals surface area contributed by atoms with Crippen molar-refractivity contribution in [3.05, 3.63) is 65.1 Å². The van der Waals surface area contributed by atoms with Crippen molar-refractivity contribution in [2.75, 3.05) is 14.2 Å². The van der Waals surface area contributed by atoms with Gasteiger partial charge in [0.05, 0.1) is 14.2 Å². The Morgan fingerprint density at radius 3 is 2.46 bits per heavy atom. The number of benzene rings is 2. The van der Waals surface area contributed by atoms with Crippen LogP contribution < -0.4 is 9.47 Å². The summed E-state index contributed by atoms with van der Waals surface area (Å²) in [6.07, 6.45) is 2.70. The van der Waals surface area contributed by atoms with Crippen LogP contribution in [0.15, 0.2) is 53.2 Å². The lowest BCUT2D eigenvalue weighted by molar-refractivity contribution is -0.130. The number of halogens is 1. The highest BCUT2D eigenvalue weighted by Crippen LogP contribution is 2.29. The molecule has 0 fully saturated rings. The summed E-state index contributed by atoms with van der Waals surface area (Å²) in [5, 5.41) is 0. The number of carbonyl (C=O) groups is 1. The monoisotopic (exact) mass is 355 g/mol. The third kappa shape index (κ3) is 4.08. The molecule has 0 spiro atoms. The summed E-state index contributed by atoms with van der Waals surface area (Å²) in [6.45, 7) is 0. The molecule has 26 heavy (non-hydrogen) atoms. The lowest BCUT2D eigenvalue weighted by Gasteiger charge is -2.07.